The van der Waals surface area contributed by atoms with Crippen LogP contribution in [-0.4, -0.2) is 73.5 Å². The van der Waals surface area contributed by atoms with Crippen LogP contribution in [0.5, 0.6) is 0 Å². The minimum atomic E-state index is -0.763. The van der Waals surface area contributed by atoms with Crippen LogP contribution in [0.15, 0.2) is 79.0 Å². The number of amides is 1. The van der Waals surface area contributed by atoms with E-state index < -0.39 is 6.16 Å². The molecule has 1 amide bonds. The zero-order valence-corrected chi connectivity index (χ0v) is 21.3. The van der Waals surface area contributed by atoms with Crippen molar-refractivity contribution < 1.29 is 23.8 Å². The number of morpholine rings is 1. The van der Waals surface area contributed by atoms with E-state index in [4.69, 9.17) is 14.5 Å². The monoisotopic (exact) mass is 517 g/mol. The minimum Gasteiger partial charge on any atom is -0.438 e. The fraction of sp³-hybridized carbons (Fsp3) is 0.286. The molecule has 38 heavy (non-hydrogen) atoms. The Labute approximate surface area is 221 Å². The Kier molecular flexibility index (Phi) is 9.63. The number of anilines is 3. The highest BCUT2D eigenvalue weighted by molar-refractivity contribution is 5.99. The van der Waals surface area contributed by atoms with Crippen LogP contribution in [0.3, 0.4) is 0 Å². The number of rotatable bonds is 10. The summed E-state index contributed by atoms with van der Waals surface area (Å²) in [4.78, 5) is 38.1. The summed E-state index contributed by atoms with van der Waals surface area (Å²) in [6.45, 7) is 3.25. The zero-order valence-electron chi connectivity index (χ0n) is 21.3. The average molecular weight is 518 g/mol. The largest absolute Gasteiger partial charge is 0.508 e. The molecule has 4 rings (SSSR count). The van der Waals surface area contributed by atoms with Gasteiger partial charge < -0.3 is 29.3 Å². The molecule has 1 saturated heterocycles. The predicted molar refractivity (Wildman–Crippen MR) is 143 cm³/mol. The number of nitrogens with one attached hydrogen (secondary N) is 1. The highest BCUT2D eigenvalue weighted by Crippen LogP contribution is 2.24. The molecule has 0 radical (unpaired) electrons. The molecule has 1 aliphatic heterocycles. The quantitative estimate of drug-likeness (QED) is 0.315. The van der Waals surface area contributed by atoms with Crippen LogP contribution in [-0.2, 0) is 20.8 Å². The first-order chi connectivity index (χ1) is 18.6. The second-order valence-corrected chi connectivity index (χ2v) is 8.43. The summed E-state index contributed by atoms with van der Waals surface area (Å²) in [5.74, 6) is 0.728. The summed E-state index contributed by atoms with van der Waals surface area (Å²) in [5.41, 5.74) is 2.13. The van der Waals surface area contributed by atoms with Crippen LogP contribution >= 0.6 is 0 Å². The van der Waals surface area contributed by atoms with Crippen LogP contribution in [0, 0.1) is 0 Å². The molecule has 0 atom stereocenters. The molecule has 10 heteroatoms. The highest BCUT2D eigenvalue weighted by Gasteiger charge is 2.23. The van der Waals surface area contributed by atoms with E-state index in [9.17, 15) is 9.59 Å². The highest BCUT2D eigenvalue weighted by atomic mass is 16.7. The maximum absolute atomic E-state index is 13.9. The molecule has 2 heterocycles. The number of ether oxygens (including phenoxy) is 3. The summed E-state index contributed by atoms with van der Waals surface area (Å²) in [6.07, 6.45) is 4.26. The number of aromatic nitrogens is 2. The van der Waals surface area contributed by atoms with Gasteiger partial charge in [0.25, 0.3) is 5.91 Å². The van der Waals surface area contributed by atoms with Crippen molar-refractivity contribution in [3.05, 3.63) is 90.1 Å². The molecular formula is C28H31N5O5. The molecule has 1 aliphatic rings. The van der Waals surface area contributed by atoms with E-state index in [-0.39, 0.29) is 19.1 Å². The van der Waals surface area contributed by atoms with Gasteiger partial charge in [-0.1, -0.05) is 54.6 Å². The van der Waals surface area contributed by atoms with Crippen LogP contribution in [0.2, 0.25) is 0 Å². The van der Waals surface area contributed by atoms with E-state index in [0.29, 0.717) is 50.2 Å². The Morgan fingerprint density at radius 2 is 1.76 bits per heavy atom. The number of para-hydroxylation sites is 1. The molecule has 0 aliphatic carbocycles. The summed E-state index contributed by atoms with van der Waals surface area (Å²) >= 11 is 0. The molecule has 1 fully saturated rings. The van der Waals surface area contributed by atoms with E-state index in [2.05, 4.69) is 15.0 Å². The number of carbonyl (C=O) groups excluding carboxylic acids is 2. The first-order valence-corrected chi connectivity index (χ1v) is 12.3. The maximum atomic E-state index is 13.9. The van der Waals surface area contributed by atoms with Gasteiger partial charge >= 0.3 is 6.16 Å². The molecule has 1 N–H and O–H groups in total. The lowest BCUT2D eigenvalue weighted by atomic mass is 10.2. The zero-order chi connectivity index (χ0) is 26.6. The average Bonchev–Trinajstić information content (AvgIpc) is 2.97. The molecule has 0 saturated carbocycles. The van der Waals surface area contributed by atoms with E-state index in [1.54, 1.807) is 23.2 Å². The van der Waals surface area contributed by atoms with Gasteiger partial charge in [-0.3, -0.25) is 4.79 Å². The summed E-state index contributed by atoms with van der Waals surface area (Å²) < 4.78 is 14.8. The van der Waals surface area contributed by atoms with E-state index in [1.807, 2.05) is 65.6 Å². The normalized spacial score (nSPS) is 13.2. The molecule has 0 spiro atoms. The van der Waals surface area contributed by atoms with Crippen molar-refractivity contribution in [1.29, 1.82) is 0 Å². The molecule has 0 bridgehead atoms. The molecule has 198 valence electrons. The van der Waals surface area contributed by atoms with Gasteiger partial charge in [0.15, 0.2) is 0 Å². The maximum Gasteiger partial charge on any atom is 0.508 e. The van der Waals surface area contributed by atoms with Crippen LogP contribution < -0.4 is 10.2 Å². The summed E-state index contributed by atoms with van der Waals surface area (Å²) in [5, 5.41) is 3.30. The number of hydrogen-bond acceptors (Lipinski definition) is 9. The summed E-state index contributed by atoms with van der Waals surface area (Å²) in [6, 6.07) is 19.3. The first kappa shape index (κ1) is 26.6. The Hall–Kier alpha value is -4.44. The molecule has 2 aromatic carbocycles. The van der Waals surface area contributed by atoms with Crippen molar-refractivity contribution in [2.75, 3.05) is 56.8 Å². The fourth-order valence-corrected chi connectivity index (χ4v) is 3.84. The number of benzene rings is 2. The van der Waals surface area contributed by atoms with Crippen LogP contribution in [0.25, 0.3) is 0 Å². The van der Waals surface area contributed by atoms with Gasteiger partial charge in [0, 0.05) is 38.1 Å². The van der Waals surface area contributed by atoms with Gasteiger partial charge in [-0.15, -0.1) is 0 Å². The van der Waals surface area contributed by atoms with Crippen molar-refractivity contribution >= 4 is 29.5 Å². The Bertz CT molecular complexity index is 1220. The van der Waals surface area contributed by atoms with Gasteiger partial charge in [-0.2, -0.15) is 4.98 Å². The van der Waals surface area contributed by atoms with E-state index in [0.717, 1.165) is 11.3 Å². The van der Waals surface area contributed by atoms with Gasteiger partial charge in [-0.05, 0) is 23.8 Å². The Balaban J connectivity index is 1.61. The van der Waals surface area contributed by atoms with Gasteiger partial charge in [-0.25, -0.2) is 9.78 Å². The predicted octanol–water partition coefficient (Wildman–Crippen LogP) is 4.04. The SMILES string of the molecule is COC(=O)OC/C=C/CN(Cc1ccccc1)C(=O)c1cnc(N2CCOCC2)nc1Nc1ccccc1. The number of hydrogen-bond donors (Lipinski definition) is 1. The minimum absolute atomic E-state index is 0.0399. The molecular weight excluding hydrogens is 486 g/mol. The Morgan fingerprint density at radius 3 is 2.47 bits per heavy atom. The van der Waals surface area contributed by atoms with E-state index >= 15 is 0 Å². The van der Waals surface area contributed by atoms with Crippen molar-refractivity contribution in [2.24, 2.45) is 0 Å². The molecule has 10 nitrogen and oxygen atoms in total. The standard InChI is InChI=1S/C28H31N5O5/c1-36-28(35)38-17-9-8-14-33(21-22-10-4-2-5-11-22)26(34)24-20-29-27(32-15-18-37-19-16-32)31-25(24)30-23-12-6-3-7-13-23/h2-13,20H,14-19,21H2,1H3,(H,29,30,31)/b9-8+. The molecule has 3 aromatic rings. The van der Waals surface area contributed by atoms with Gasteiger partial charge in [0.2, 0.25) is 5.95 Å². The number of nitrogens with zero attached hydrogens (tertiary/aromatic N) is 4. The third kappa shape index (κ3) is 7.53. The van der Waals surface area contributed by atoms with E-state index in [1.165, 1.54) is 7.11 Å². The van der Waals surface area contributed by atoms with Crippen molar-refractivity contribution in [1.82, 2.24) is 14.9 Å². The lowest BCUT2D eigenvalue weighted by Crippen LogP contribution is -2.37. The first-order valence-electron chi connectivity index (χ1n) is 12.3. The van der Waals surface area contributed by atoms with Crippen LogP contribution in [0.4, 0.5) is 22.2 Å². The smallest absolute Gasteiger partial charge is 0.438 e. The van der Waals surface area contributed by atoms with Crippen LogP contribution in [0.1, 0.15) is 15.9 Å². The summed E-state index contributed by atoms with van der Waals surface area (Å²) in [7, 11) is 1.25. The third-order valence-electron chi connectivity index (χ3n) is 5.80. The van der Waals surface area contributed by atoms with Gasteiger partial charge in [0.05, 0.1) is 20.3 Å². The number of methoxy groups -OCH3 is 1. The third-order valence-corrected chi connectivity index (χ3v) is 5.80. The number of carbonyl (C=O) groups is 2. The Morgan fingerprint density at radius 1 is 1.05 bits per heavy atom. The van der Waals surface area contributed by atoms with Crippen molar-refractivity contribution in [3.8, 4) is 0 Å². The van der Waals surface area contributed by atoms with Gasteiger partial charge in [0.1, 0.15) is 18.0 Å². The lowest BCUT2D eigenvalue weighted by molar-refractivity contribution is 0.0756. The van der Waals surface area contributed by atoms with Crippen molar-refractivity contribution in [2.45, 2.75) is 6.54 Å². The molecule has 0 unspecified atom stereocenters. The van der Waals surface area contributed by atoms with Crippen molar-refractivity contribution in [3.63, 3.8) is 0 Å². The topological polar surface area (TPSA) is 106 Å². The fourth-order valence-electron chi connectivity index (χ4n) is 3.84. The molecule has 1 aromatic heterocycles. The lowest BCUT2D eigenvalue weighted by Gasteiger charge is -2.28. The second-order valence-electron chi connectivity index (χ2n) is 8.43. The second kappa shape index (κ2) is 13.8.